The van der Waals surface area contributed by atoms with Crippen LogP contribution in [0.25, 0.3) is 11.5 Å². The summed E-state index contributed by atoms with van der Waals surface area (Å²) in [5.41, 5.74) is 6.96. The van der Waals surface area contributed by atoms with Crippen LogP contribution in [-0.4, -0.2) is 15.9 Å². The summed E-state index contributed by atoms with van der Waals surface area (Å²) in [5.74, 6) is 2.94. The second kappa shape index (κ2) is 5.42. The van der Waals surface area contributed by atoms with Crippen LogP contribution in [0.15, 0.2) is 22.7 Å². The van der Waals surface area contributed by atoms with Crippen molar-refractivity contribution in [3.63, 3.8) is 0 Å². The number of nitrogens with two attached hydrogens (primary N) is 1. The topological polar surface area (TPSA) is 64.9 Å². The summed E-state index contributed by atoms with van der Waals surface area (Å²) in [6.07, 6.45) is 0. The van der Waals surface area contributed by atoms with Gasteiger partial charge in [0.25, 0.3) is 5.89 Å². The van der Waals surface area contributed by atoms with Gasteiger partial charge in [0.1, 0.15) is 0 Å². The summed E-state index contributed by atoms with van der Waals surface area (Å²) in [4.78, 5) is 4.29. The Morgan fingerprint density at radius 1 is 1.47 bits per heavy atom. The summed E-state index contributed by atoms with van der Waals surface area (Å²) in [6, 6.07) is 5.26. The van der Waals surface area contributed by atoms with Crippen molar-refractivity contribution in [1.29, 1.82) is 0 Å². The molecule has 0 amide bonds. The summed E-state index contributed by atoms with van der Waals surface area (Å²) in [5, 5.41) is 4.39. The molecule has 0 aliphatic rings. The monoisotopic (exact) mass is 269 g/mol. The molecule has 0 fully saturated rings. The smallest absolute Gasteiger partial charge is 0.258 e. The standard InChI is InChI=1S/C11H12ClN3OS/c1-2-17-6-10-14-11(16-15-10)7-3-4-9(13)8(12)5-7/h3-5H,2,6,13H2,1H3. The molecule has 2 aromatic rings. The Labute approximate surface area is 109 Å². The average Bonchev–Trinajstić information content (AvgIpc) is 2.79. The maximum atomic E-state index is 5.94. The van der Waals surface area contributed by atoms with Crippen molar-refractivity contribution in [2.24, 2.45) is 0 Å². The third kappa shape index (κ3) is 2.92. The summed E-state index contributed by atoms with van der Waals surface area (Å²) in [6.45, 7) is 2.09. The number of nitrogen functional groups attached to an aromatic ring is 1. The van der Waals surface area contributed by atoms with Crippen molar-refractivity contribution in [2.75, 3.05) is 11.5 Å². The van der Waals surface area contributed by atoms with Crippen LogP contribution in [0, 0.1) is 0 Å². The van der Waals surface area contributed by atoms with Crippen molar-refractivity contribution in [3.05, 3.63) is 29.0 Å². The van der Waals surface area contributed by atoms with E-state index >= 15 is 0 Å². The van der Waals surface area contributed by atoms with Gasteiger partial charge >= 0.3 is 0 Å². The molecule has 2 rings (SSSR count). The Balaban J connectivity index is 2.21. The zero-order valence-electron chi connectivity index (χ0n) is 9.31. The van der Waals surface area contributed by atoms with Gasteiger partial charge in [-0.2, -0.15) is 16.7 Å². The fraction of sp³-hybridized carbons (Fsp3) is 0.273. The second-order valence-corrected chi connectivity index (χ2v) is 5.07. The SMILES string of the molecule is CCSCc1noc(-c2ccc(N)c(Cl)c2)n1. The lowest BCUT2D eigenvalue weighted by molar-refractivity contribution is 0.425. The van der Waals surface area contributed by atoms with Crippen LogP contribution in [-0.2, 0) is 5.75 Å². The number of rotatable bonds is 4. The number of thioether (sulfide) groups is 1. The number of hydrogen-bond donors (Lipinski definition) is 1. The fourth-order valence-electron chi connectivity index (χ4n) is 1.28. The van der Waals surface area contributed by atoms with E-state index in [1.807, 2.05) is 6.07 Å². The molecule has 0 bridgehead atoms. The van der Waals surface area contributed by atoms with Gasteiger partial charge < -0.3 is 10.3 Å². The van der Waals surface area contributed by atoms with Crippen LogP contribution < -0.4 is 5.73 Å². The lowest BCUT2D eigenvalue weighted by Gasteiger charge is -1.98. The number of hydrogen-bond acceptors (Lipinski definition) is 5. The number of anilines is 1. The summed E-state index contributed by atoms with van der Waals surface area (Å²) in [7, 11) is 0. The molecule has 0 atom stereocenters. The van der Waals surface area contributed by atoms with Gasteiger partial charge in [-0.1, -0.05) is 23.7 Å². The Hall–Kier alpha value is -1.20. The quantitative estimate of drug-likeness (QED) is 0.864. The van der Waals surface area contributed by atoms with Crippen LogP contribution in [0.2, 0.25) is 5.02 Å². The van der Waals surface area contributed by atoms with Crippen LogP contribution >= 0.6 is 23.4 Å². The zero-order valence-corrected chi connectivity index (χ0v) is 10.9. The van der Waals surface area contributed by atoms with E-state index in [1.165, 1.54) is 0 Å². The molecule has 90 valence electrons. The lowest BCUT2D eigenvalue weighted by Crippen LogP contribution is -1.87. The zero-order chi connectivity index (χ0) is 12.3. The Bertz CT molecular complexity index is 515. The van der Waals surface area contributed by atoms with Crippen LogP contribution in [0.3, 0.4) is 0 Å². The molecule has 0 saturated heterocycles. The van der Waals surface area contributed by atoms with E-state index in [4.69, 9.17) is 21.9 Å². The first-order chi connectivity index (χ1) is 8.20. The van der Waals surface area contributed by atoms with Gasteiger partial charge in [-0.3, -0.25) is 0 Å². The van der Waals surface area contributed by atoms with Crippen LogP contribution in [0.4, 0.5) is 5.69 Å². The van der Waals surface area contributed by atoms with E-state index < -0.39 is 0 Å². The van der Waals surface area contributed by atoms with Crippen molar-refractivity contribution >= 4 is 29.1 Å². The molecular weight excluding hydrogens is 258 g/mol. The maximum absolute atomic E-state index is 5.94. The minimum Gasteiger partial charge on any atom is -0.398 e. The van der Waals surface area contributed by atoms with Crippen LogP contribution in [0.5, 0.6) is 0 Å². The van der Waals surface area contributed by atoms with E-state index in [1.54, 1.807) is 23.9 Å². The number of halogens is 1. The van der Waals surface area contributed by atoms with Gasteiger partial charge in [-0.25, -0.2) is 0 Å². The summed E-state index contributed by atoms with van der Waals surface area (Å²) >= 11 is 7.68. The second-order valence-electron chi connectivity index (χ2n) is 3.39. The highest BCUT2D eigenvalue weighted by atomic mass is 35.5. The molecule has 17 heavy (non-hydrogen) atoms. The predicted molar refractivity (Wildman–Crippen MR) is 71.0 cm³/mol. The molecule has 0 aliphatic heterocycles. The lowest BCUT2D eigenvalue weighted by atomic mass is 10.2. The van der Waals surface area contributed by atoms with E-state index in [9.17, 15) is 0 Å². The molecule has 0 spiro atoms. The van der Waals surface area contributed by atoms with Crippen molar-refractivity contribution < 1.29 is 4.52 Å². The molecule has 2 N–H and O–H groups in total. The molecule has 0 saturated carbocycles. The van der Waals surface area contributed by atoms with E-state index in [0.29, 0.717) is 22.4 Å². The first kappa shape index (κ1) is 12.3. The first-order valence-corrected chi connectivity index (χ1v) is 6.69. The van der Waals surface area contributed by atoms with Gasteiger partial charge in [0, 0.05) is 5.56 Å². The third-order valence-electron chi connectivity index (χ3n) is 2.15. The number of nitrogens with zero attached hydrogens (tertiary/aromatic N) is 2. The molecule has 0 radical (unpaired) electrons. The largest absolute Gasteiger partial charge is 0.398 e. The minimum atomic E-state index is 0.471. The van der Waals surface area contributed by atoms with Gasteiger partial charge in [-0.15, -0.1) is 0 Å². The van der Waals surface area contributed by atoms with Crippen molar-refractivity contribution in [2.45, 2.75) is 12.7 Å². The molecule has 0 aliphatic carbocycles. The Kier molecular flexibility index (Phi) is 3.91. The number of aromatic nitrogens is 2. The maximum Gasteiger partial charge on any atom is 0.258 e. The van der Waals surface area contributed by atoms with Crippen LogP contribution in [0.1, 0.15) is 12.7 Å². The molecular formula is C11H12ClN3OS. The van der Waals surface area contributed by atoms with Crippen molar-refractivity contribution in [3.8, 4) is 11.5 Å². The molecule has 4 nitrogen and oxygen atoms in total. The average molecular weight is 270 g/mol. The van der Waals surface area contributed by atoms with Gasteiger partial charge in [-0.05, 0) is 24.0 Å². The van der Waals surface area contributed by atoms with Gasteiger partial charge in [0.15, 0.2) is 5.82 Å². The van der Waals surface area contributed by atoms with Gasteiger partial charge in [0.05, 0.1) is 16.5 Å². The highest BCUT2D eigenvalue weighted by molar-refractivity contribution is 7.98. The van der Waals surface area contributed by atoms with Gasteiger partial charge in [0.2, 0.25) is 0 Å². The molecule has 0 unspecified atom stereocenters. The highest BCUT2D eigenvalue weighted by Gasteiger charge is 2.09. The summed E-state index contributed by atoms with van der Waals surface area (Å²) < 4.78 is 5.17. The predicted octanol–water partition coefficient (Wildman–Crippen LogP) is 3.23. The molecule has 1 heterocycles. The molecule has 1 aromatic carbocycles. The third-order valence-corrected chi connectivity index (χ3v) is 3.35. The van der Waals surface area contributed by atoms with E-state index in [2.05, 4.69) is 17.1 Å². The van der Waals surface area contributed by atoms with E-state index in [-0.39, 0.29) is 0 Å². The minimum absolute atomic E-state index is 0.471. The molecule has 6 heteroatoms. The first-order valence-electron chi connectivity index (χ1n) is 5.16. The van der Waals surface area contributed by atoms with E-state index in [0.717, 1.165) is 17.1 Å². The Morgan fingerprint density at radius 2 is 2.29 bits per heavy atom. The number of benzene rings is 1. The highest BCUT2D eigenvalue weighted by Crippen LogP contribution is 2.26. The van der Waals surface area contributed by atoms with Crippen molar-refractivity contribution in [1.82, 2.24) is 10.1 Å². The Morgan fingerprint density at radius 3 is 3.00 bits per heavy atom. The molecule has 1 aromatic heterocycles. The fourth-order valence-corrected chi connectivity index (χ4v) is 1.97. The normalized spacial score (nSPS) is 10.7.